The van der Waals surface area contributed by atoms with Crippen LogP contribution in [0.5, 0.6) is 5.75 Å². The molecule has 0 spiro atoms. The quantitative estimate of drug-likeness (QED) is 0.511. The largest absolute Gasteiger partial charge is 0.491 e. The minimum Gasteiger partial charge on any atom is -0.491 e. The monoisotopic (exact) mass is 436 g/mol. The van der Waals surface area contributed by atoms with E-state index in [0.717, 1.165) is 55.0 Å². The molecule has 0 radical (unpaired) electrons. The molecule has 1 saturated heterocycles. The molecule has 0 atom stereocenters. The van der Waals surface area contributed by atoms with Crippen molar-refractivity contribution in [2.45, 2.75) is 45.1 Å². The summed E-state index contributed by atoms with van der Waals surface area (Å²) in [6.07, 6.45) is 3.51. The molecule has 0 unspecified atom stereocenters. The molecular weight excluding hydrogens is 404 g/mol. The highest BCUT2D eigenvalue weighted by molar-refractivity contribution is 6.03. The second-order valence-corrected chi connectivity index (χ2v) is 8.47. The summed E-state index contributed by atoms with van der Waals surface area (Å²) in [6, 6.07) is 13.7. The Morgan fingerprint density at radius 2 is 1.94 bits per heavy atom. The van der Waals surface area contributed by atoms with Gasteiger partial charge in [0.2, 0.25) is 0 Å². The van der Waals surface area contributed by atoms with E-state index in [0.29, 0.717) is 30.7 Å². The zero-order chi connectivity index (χ0) is 22.3. The first kappa shape index (κ1) is 22.1. The fourth-order valence-corrected chi connectivity index (χ4v) is 3.61. The fraction of sp³-hybridized carbons (Fsp3) is 0.440. The van der Waals surface area contributed by atoms with Crippen LogP contribution in [0, 0.1) is 0 Å². The highest BCUT2D eigenvalue weighted by atomic mass is 16.5. The maximum Gasteiger partial charge on any atom is 0.280 e. The molecule has 1 aliphatic carbocycles. The van der Waals surface area contributed by atoms with E-state index in [-0.39, 0.29) is 12.0 Å². The number of guanidine groups is 1. The highest BCUT2D eigenvalue weighted by Crippen LogP contribution is 2.44. The molecule has 4 rings (SSSR count). The van der Waals surface area contributed by atoms with Gasteiger partial charge in [-0.25, -0.2) is 0 Å². The number of nitrogens with one attached hydrogen (secondary N) is 3. The maximum atomic E-state index is 12.7. The van der Waals surface area contributed by atoms with E-state index >= 15 is 0 Å². The van der Waals surface area contributed by atoms with Crippen LogP contribution in [0.3, 0.4) is 0 Å². The van der Waals surface area contributed by atoms with Crippen LogP contribution in [0.2, 0.25) is 0 Å². The average molecular weight is 437 g/mol. The Kier molecular flexibility index (Phi) is 7.27. The minimum atomic E-state index is -0.227. The summed E-state index contributed by atoms with van der Waals surface area (Å²) in [7, 11) is 0. The molecule has 1 saturated carbocycles. The molecule has 32 heavy (non-hydrogen) atoms. The Labute approximate surface area is 189 Å². The van der Waals surface area contributed by atoms with E-state index in [9.17, 15) is 4.79 Å². The second kappa shape index (κ2) is 10.5. The van der Waals surface area contributed by atoms with Gasteiger partial charge in [-0.3, -0.25) is 4.79 Å². The molecule has 7 nitrogen and oxygen atoms in total. The predicted molar refractivity (Wildman–Crippen MR) is 127 cm³/mol. The van der Waals surface area contributed by atoms with E-state index in [1.807, 2.05) is 56.3 Å². The van der Waals surface area contributed by atoms with E-state index in [4.69, 9.17) is 9.47 Å². The number of carbonyl (C=O) groups is 1. The van der Waals surface area contributed by atoms with Crippen molar-refractivity contribution in [1.29, 1.82) is 0 Å². The van der Waals surface area contributed by atoms with Gasteiger partial charge < -0.3 is 25.4 Å². The zero-order valence-electron chi connectivity index (χ0n) is 18.8. The summed E-state index contributed by atoms with van der Waals surface area (Å²) in [5.41, 5.74) is 3.74. The van der Waals surface area contributed by atoms with Crippen molar-refractivity contribution < 1.29 is 14.3 Å². The smallest absolute Gasteiger partial charge is 0.280 e. The van der Waals surface area contributed by atoms with Crippen LogP contribution < -0.4 is 20.7 Å². The molecule has 0 bridgehead atoms. The van der Waals surface area contributed by atoms with E-state index in [1.165, 1.54) is 0 Å². The summed E-state index contributed by atoms with van der Waals surface area (Å²) in [4.78, 5) is 16.9. The standard InChI is InChI=1S/C25H32N4O3/c1-17(2)31-13-14-32-21-6-3-5-20(16-21)28-23-10-9-19(15-22(23)18-7-8-18)24(30)29-25-26-11-4-12-27-25/h3,5-6,9-10,15-18,28H,4,7-8,11-14H2,1-2H3,(H2,26,27,29,30). The SMILES string of the molecule is CC(C)OCCOc1cccc(Nc2ccc(C(=O)N=C3NCCCN3)cc2C2CC2)c1. The molecule has 2 aliphatic rings. The Morgan fingerprint density at radius 1 is 1.12 bits per heavy atom. The first-order valence-corrected chi connectivity index (χ1v) is 11.4. The molecular formula is C25H32N4O3. The van der Waals surface area contributed by atoms with Gasteiger partial charge in [-0.15, -0.1) is 0 Å². The Morgan fingerprint density at radius 3 is 2.69 bits per heavy atom. The topological polar surface area (TPSA) is 84.0 Å². The van der Waals surface area contributed by atoms with E-state index < -0.39 is 0 Å². The Hall–Kier alpha value is -3.06. The number of ether oxygens (including phenoxy) is 2. The Balaban J connectivity index is 1.45. The van der Waals surface area contributed by atoms with Gasteiger partial charge in [-0.2, -0.15) is 4.99 Å². The zero-order valence-corrected chi connectivity index (χ0v) is 18.8. The van der Waals surface area contributed by atoms with Gasteiger partial charge in [0.15, 0.2) is 5.96 Å². The first-order chi connectivity index (χ1) is 15.6. The van der Waals surface area contributed by atoms with Crippen LogP contribution in [0.25, 0.3) is 0 Å². The average Bonchev–Trinajstić information content (AvgIpc) is 3.63. The number of carbonyl (C=O) groups excluding carboxylic acids is 1. The lowest BCUT2D eigenvalue weighted by Gasteiger charge is -2.17. The van der Waals surface area contributed by atoms with Gasteiger partial charge in [-0.05, 0) is 74.9 Å². The van der Waals surface area contributed by atoms with Crippen LogP contribution in [0.15, 0.2) is 47.5 Å². The van der Waals surface area contributed by atoms with Gasteiger partial charge in [0.05, 0.1) is 12.7 Å². The molecule has 3 N–H and O–H groups in total. The lowest BCUT2D eigenvalue weighted by molar-refractivity contribution is 0.0553. The molecule has 2 aromatic carbocycles. The van der Waals surface area contributed by atoms with Crippen LogP contribution in [0.1, 0.15) is 54.9 Å². The van der Waals surface area contributed by atoms with Gasteiger partial charge in [-0.1, -0.05) is 6.07 Å². The predicted octanol–water partition coefficient (Wildman–Crippen LogP) is 4.19. The summed E-state index contributed by atoms with van der Waals surface area (Å²) in [5, 5.41) is 9.76. The molecule has 170 valence electrons. The molecule has 7 heteroatoms. The lowest BCUT2D eigenvalue weighted by atomic mass is 10.0. The highest BCUT2D eigenvalue weighted by Gasteiger charge is 2.27. The van der Waals surface area contributed by atoms with Crippen molar-refractivity contribution in [3.05, 3.63) is 53.6 Å². The van der Waals surface area contributed by atoms with Gasteiger partial charge in [0, 0.05) is 36.1 Å². The number of amides is 1. The number of nitrogens with zero attached hydrogens (tertiary/aromatic N) is 1. The molecule has 0 aromatic heterocycles. The van der Waals surface area contributed by atoms with Crippen molar-refractivity contribution >= 4 is 23.2 Å². The van der Waals surface area contributed by atoms with Crippen molar-refractivity contribution in [2.24, 2.45) is 4.99 Å². The molecule has 1 amide bonds. The normalized spacial score (nSPS) is 15.7. The Bertz CT molecular complexity index is 961. The molecule has 2 aromatic rings. The van der Waals surface area contributed by atoms with Crippen molar-refractivity contribution in [1.82, 2.24) is 10.6 Å². The molecule has 1 heterocycles. The van der Waals surface area contributed by atoms with Crippen LogP contribution in [-0.4, -0.2) is 44.3 Å². The molecule has 1 aliphatic heterocycles. The summed E-state index contributed by atoms with van der Waals surface area (Å²) >= 11 is 0. The number of rotatable bonds is 9. The third-order valence-electron chi connectivity index (χ3n) is 5.38. The summed E-state index contributed by atoms with van der Waals surface area (Å²) in [5.74, 6) is 1.61. The number of aliphatic imine (C=N–C) groups is 1. The van der Waals surface area contributed by atoms with Crippen LogP contribution in [0.4, 0.5) is 11.4 Å². The maximum absolute atomic E-state index is 12.7. The van der Waals surface area contributed by atoms with Crippen LogP contribution in [-0.2, 0) is 4.74 Å². The summed E-state index contributed by atoms with van der Waals surface area (Å²) < 4.78 is 11.3. The van der Waals surface area contributed by atoms with Gasteiger partial charge in [0.1, 0.15) is 12.4 Å². The number of hydrogen-bond acceptors (Lipinski definition) is 4. The van der Waals surface area contributed by atoms with Crippen molar-refractivity contribution in [2.75, 3.05) is 31.6 Å². The molecule has 2 fully saturated rings. The minimum absolute atomic E-state index is 0.198. The second-order valence-electron chi connectivity index (χ2n) is 8.47. The van der Waals surface area contributed by atoms with Gasteiger partial charge >= 0.3 is 0 Å². The first-order valence-electron chi connectivity index (χ1n) is 11.4. The van der Waals surface area contributed by atoms with Crippen LogP contribution >= 0.6 is 0 Å². The fourth-order valence-electron chi connectivity index (χ4n) is 3.61. The number of anilines is 2. The number of hydrogen-bond donors (Lipinski definition) is 3. The third-order valence-corrected chi connectivity index (χ3v) is 5.38. The van der Waals surface area contributed by atoms with E-state index in [2.05, 4.69) is 20.9 Å². The lowest BCUT2D eigenvalue weighted by Crippen LogP contribution is -2.44. The third kappa shape index (κ3) is 6.23. The van der Waals surface area contributed by atoms with Gasteiger partial charge in [0.25, 0.3) is 5.91 Å². The van der Waals surface area contributed by atoms with Crippen molar-refractivity contribution in [3.63, 3.8) is 0 Å². The summed E-state index contributed by atoms with van der Waals surface area (Å²) in [6.45, 7) is 6.77. The van der Waals surface area contributed by atoms with E-state index in [1.54, 1.807) is 0 Å². The number of benzene rings is 2. The van der Waals surface area contributed by atoms with Crippen molar-refractivity contribution in [3.8, 4) is 5.75 Å².